The Bertz CT molecular complexity index is 1250. The molecule has 0 spiro atoms. The van der Waals surface area contributed by atoms with Crippen LogP contribution in [0.3, 0.4) is 0 Å². The zero-order valence-corrected chi connectivity index (χ0v) is 23.7. The summed E-state index contributed by atoms with van der Waals surface area (Å²) in [6.45, 7) is 4.50. The molecule has 0 heterocycles. The number of nitrogens with one attached hydrogen (secondary N) is 1. The molecule has 0 bridgehead atoms. The van der Waals surface area contributed by atoms with Crippen LogP contribution >= 0.6 is 0 Å². The van der Waals surface area contributed by atoms with Gasteiger partial charge in [0.05, 0.1) is 5.69 Å². The summed E-state index contributed by atoms with van der Waals surface area (Å²) in [7, 11) is -1.27. The maximum absolute atomic E-state index is 14.6. The Labute approximate surface area is 226 Å². The average molecular weight is 547 g/mol. The van der Waals surface area contributed by atoms with Crippen LogP contribution in [0.4, 0.5) is 10.1 Å². The lowest BCUT2D eigenvalue weighted by molar-refractivity contribution is -0.139. The van der Waals surface area contributed by atoms with Crippen molar-refractivity contribution in [1.82, 2.24) is 14.5 Å². The topological polar surface area (TPSA) is 90.0 Å². The van der Waals surface area contributed by atoms with Gasteiger partial charge >= 0.3 is 10.2 Å². The molecule has 1 unspecified atom stereocenters. The molecular weight excluding hydrogens is 507 g/mol. The van der Waals surface area contributed by atoms with Gasteiger partial charge in [-0.25, -0.2) is 8.70 Å². The summed E-state index contributed by atoms with van der Waals surface area (Å²) in [6.07, 6.45) is 4.95. The number of rotatable bonds is 10. The Balaban J connectivity index is 1.96. The number of nitrogens with zero attached hydrogens (tertiary/aromatic N) is 3. The second-order valence-electron chi connectivity index (χ2n) is 10.2. The Kier molecular flexibility index (Phi) is 9.89. The molecule has 208 valence electrons. The van der Waals surface area contributed by atoms with Crippen molar-refractivity contribution in [2.75, 3.05) is 24.9 Å². The van der Waals surface area contributed by atoms with Crippen molar-refractivity contribution in [3.05, 3.63) is 65.0 Å². The monoisotopic (exact) mass is 546 g/mol. The van der Waals surface area contributed by atoms with Crippen LogP contribution in [0.5, 0.6) is 0 Å². The van der Waals surface area contributed by atoms with Gasteiger partial charge in [0.1, 0.15) is 18.4 Å². The van der Waals surface area contributed by atoms with Gasteiger partial charge in [0.15, 0.2) is 0 Å². The van der Waals surface area contributed by atoms with Crippen molar-refractivity contribution in [2.24, 2.45) is 0 Å². The van der Waals surface area contributed by atoms with E-state index < -0.39 is 34.5 Å². The number of amides is 2. The molecule has 1 atom stereocenters. The Morgan fingerprint density at radius 1 is 1.05 bits per heavy atom. The number of carbonyl (C=O) groups excluding carboxylic acids is 2. The van der Waals surface area contributed by atoms with Crippen LogP contribution in [0.25, 0.3) is 0 Å². The van der Waals surface area contributed by atoms with E-state index in [1.807, 2.05) is 13.0 Å². The van der Waals surface area contributed by atoms with Crippen LogP contribution in [0.1, 0.15) is 55.7 Å². The molecule has 0 saturated heterocycles. The standard InChI is InChI=1S/C28H39FN4O4S/c1-20-15-16-21(2)26(17-20)33(38(36,37)31(4)5)19-27(34)32(18-23-11-9-10-14-25(23)29)22(3)28(35)30-24-12-7-6-8-13-24/h9-11,14-17,22,24H,6-8,12-13,18-19H2,1-5H3,(H,30,35). The highest BCUT2D eigenvalue weighted by atomic mass is 32.2. The van der Waals surface area contributed by atoms with Gasteiger partial charge in [-0.15, -0.1) is 0 Å². The quantitative estimate of drug-likeness (QED) is 0.489. The molecule has 2 aromatic carbocycles. The first-order chi connectivity index (χ1) is 17.9. The highest BCUT2D eigenvalue weighted by Gasteiger charge is 2.34. The average Bonchev–Trinajstić information content (AvgIpc) is 2.88. The number of carbonyl (C=O) groups is 2. The minimum absolute atomic E-state index is 0.0321. The summed E-state index contributed by atoms with van der Waals surface area (Å²) in [4.78, 5) is 28.4. The molecule has 10 heteroatoms. The molecule has 3 rings (SSSR count). The number of anilines is 1. The lowest BCUT2D eigenvalue weighted by Gasteiger charge is -2.34. The largest absolute Gasteiger partial charge is 0.352 e. The van der Waals surface area contributed by atoms with E-state index in [4.69, 9.17) is 0 Å². The van der Waals surface area contributed by atoms with Crippen LogP contribution in [-0.2, 0) is 26.3 Å². The van der Waals surface area contributed by atoms with Crippen LogP contribution in [0.15, 0.2) is 42.5 Å². The fourth-order valence-corrected chi connectivity index (χ4v) is 5.76. The number of hydrogen-bond donors (Lipinski definition) is 1. The van der Waals surface area contributed by atoms with Crippen molar-refractivity contribution in [2.45, 2.75) is 71.5 Å². The van der Waals surface area contributed by atoms with Crippen LogP contribution < -0.4 is 9.62 Å². The van der Waals surface area contributed by atoms with E-state index in [1.54, 1.807) is 44.2 Å². The van der Waals surface area contributed by atoms with Gasteiger partial charge < -0.3 is 10.2 Å². The second kappa shape index (κ2) is 12.7. The molecule has 1 aliphatic rings. The van der Waals surface area contributed by atoms with Gasteiger partial charge in [-0.1, -0.05) is 49.6 Å². The lowest BCUT2D eigenvalue weighted by atomic mass is 9.95. The van der Waals surface area contributed by atoms with Gasteiger partial charge in [0, 0.05) is 32.2 Å². The summed E-state index contributed by atoms with van der Waals surface area (Å²) < 4.78 is 43.5. The lowest BCUT2D eigenvalue weighted by Crippen LogP contribution is -2.54. The third kappa shape index (κ3) is 7.11. The fraction of sp³-hybridized carbons (Fsp3) is 0.500. The Hall–Kier alpha value is -2.98. The van der Waals surface area contributed by atoms with E-state index >= 15 is 0 Å². The molecule has 0 aliphatic heterocycles. The number of hydrogen-bond acceptors (Lipinski definition) is 4. The number of aryl methyl sites for hydroxylation is 2. The molecule has 1 fully saturated rings. The molecule has 1 saturated carbocycles. The number of halogens is 1. The number of benzene rings is 2. The maximum atomic E-state index is 14.6. The summed E-state index contributed by atoms with van der Waals surface area (Å²) in [5, 5.41) is 3.04. The third-order valence-electron chi connectivity index (χ3n) is 7.07. The van der Waals surface area contributed by atoms with Crippen molar-refractivity contribution in [3.8, 4) is 0 Å². The van der Waals surface area contributed by atoms with Crippen molar-refractivity contribution in [3.63, 3.8) is 0 Å². The molecule has 2 aromatic rings. The van der Waals surface area contributed by atoms with E-state index in [9.17, 15) is 22.4 Å². The molecule has 0 radical (unpaired) electrons. The molecule has 2 amide bonds. The summed E-state index contributed by atoms with van der Waals surface area (Å²) in [5.41, 5.74) is 2.13. The summed E-state index contributed by atoms with van der Waals surface area (Å²) >= 11 is 0. The maximum Gasteiger partial charge on any atom is 0.304 e. The smallest absolute Gasteiger partial charge is 0.304 e. The predicted molar refractivity (Wildman–Crippen MR) is 147 cm³/mol. The fourth-order valence-electron chi connectivity index (χ4n) is 4.65. The van der Waals surface area contributed by atoms with Crippen molar-refractivity contribution in [1.29, 1.82) is 0 Å². The van der Waals surface area contributed by atoms with Gasteiger partial charge in [-0.05, 0) is 56.9 Å². The zero-order valence-electron chi connectivity index (χ0n) is 22.9. The molecular formula is C28H39FN4O4S. The first-order valence-corrected chi connectivity index (χ1v) is 14.4. The summed E-state index contributed by atoms with van der Waals surface area (Å²) in [5.74, 6) is -1.45. The van der Waals surface area contributed by atoms with Crippen molar-refractivity contribution < 1.29 is 22.4 Å². The van der Waals surface area contributed by atoms with Gasteiger partial charge in [-0.3, -0.25) is 9.59 Å². The SMILES string of the molecule is Cc1ccc(C)c(N(CC(=O)N(Cc2ccccc2F)C(C)C(=O)NC2CCCCC2)S(=O)(=O)N(C)C)c1. The molecule has 1 N–H and O–H groups in total. The minimum atomic E-state index is -4.07. The van der Waals surface area contributed by atoms with Crippen LogP contribution in [0.2, 0.25) is 0 Å². The highest BCUT2D eigenvalue weighted by molar-refractivity contribution is 7.90. The van der Waals surface area contributed by atoms with E-state index in [1.165, 1.54) is 25.1 Å². The van der Waals surface area contributed by atoms with E-state index in [0.29, 0.717) is 11.3 Å². The van der Waals surface area contributed by atoms with Gasteiger partial charge in [0.2, 0.25) is 11.8 Å². The normalized spacial score (nSPS) is 15.2. The van der Waals surface area contributed by atoms with Crippen LogP contribution in [-0.4, -0.2) is 62.2 Å². The van der Waals surface area contributed by atoms with E-state index in [2.05, 4.69) is 5.32 Å². The van der Waals surface area contributed by atoms with Gasteiger partial charge in [0.25, 0.3) is 0 Å². The summed E-state index contributed by atoms with van der Waals surface area (Å²) in [6, 6.07) is 10.5. The zero-order chi connectivity index (χ0) is 28.0. The highest BCUT2D eigenvalue weighted by Crippen LogP contribution is 2.26. The minimum Gasteiger partial charge on any atom is -0.352 e. The van der Waals surface area contributed by atoms with Crippen LogP contribution in [0, 0.1) is 19.7 Å². The molecule has 38 heavy (non-hydrogen) atoms. The van der Waals surface area contributed by atoms with E-state index in [0.717, 1.165) is 46.3 Å². The Morgan fingerprint density at radius 2 is 1.71 bits per heavy atom. The molecule has 8 nitrogen and oxygen atoms in total. The van der Waals surface area contributed by atoms with Crippen molar-refractivity contribution >= 4 is 27.7 Å². The predicted octanol–water partition coefficient (Wildman–Crippen LogP) is 3.92. The molecule has 0 aromatic heterocycles. The molecule has 1 aliphatic carbocycles. The Morgan fingerprint density at radius 3 is 2.34 bits per heavy atom. The second-order valence-corrected chi connectivity index (χ2v) is 12.3. The van der Waals surface area contributed by atoms with Gasteiger partial charge in [-0.2, -0.15) is 12.7 Å². The first kappa shape index (κ1) is 29.6. The third-order valence-corrected chi connectivity index (χ3v) is 8.88. The van der Waals surface area contributed by atoms with E-state index in [-0.39, 0.29) is 24.1 Å². The first-order valence-electron chi connectivity index (χ1n) is 13.0.